The van der Waals surface area contributed by atoms with Gasteiger partial charge in [-0.2, -0.15) is 9.97 Å². The highest BCUT2D eigenvalue weighted by molar-refractivity contribution is 6.22. The van der Waals surface area contributed by atoms with E-state index in [0.717, 1.165) is 10.5 Å². The molecule has 0 radical (unpaired) electrons. The van der Waals surface area contributed by atoms with Crippen LogP contribution in [0.1, 0.15) is 75.9 Å². The van der Waals surface area contributed by atoms with Gasteiger partial charge >= 0.3 is 5.97 Å². The van der Waals surface area contributed by atoms with Crippen molar-refractivity contribution in [2.75, 3.05) is 30.4 Å². The van der Waals surface area contributed by atoms with Gasteiger partial charge in [-0.15, -0.1) is 0 Å². The highest BCUT2D eigenvalue weighted by Crippen LogP contribution is 2.27. The number of ether oxygens (including phenoxy) is 1. The summed E-state index contributed by atoms with van der Waals surface area (Å²) in [4.78, 5) is 94.9. The van der Waals surface area contributed by atoms with E-state index in [1.165, 1.54) is 32.2 Å². The van der Waals surface area contributed by atoms with Gasteiger partial charge in [-0.05, 0) is 74.4 Å². The maximum absolute atomic E-state index is 13.3. The lowest BCUT2D eigenvalue weighted by Gasteiger charge is -2.19. The standard InChI is InChI=1S/C37H43N11O7/c1-18(2)27(38)33(51)42-19(3)31(49)44-22-13-14-24-25(16-22)35(53)48(34(24)52)15-5-6-26(36(54)55-4)45-32(50)21-10-7-20(8-11-21)9-12-23-17-41-30-28(43-23)29(39)46-37(40)47-30/h7-8,10-11,13-14,16-19,26-27H,5-6,9,12,15,38H2,1-4H3,(H,42,51)(H,44,49)(H,45,50)(H4,39,40,41,46,47)/t19-,26-,27-/m0/s1. The summed E-state index contributed by atoms with van der Waals surface area (Å²) in [5.41, 5.74) is 20.5. The molecular formula is C37H43N11O7. The molecule has 2 aromatic carbocycles. The van der Waals surface area contributed by atoms with Gasteiger partial charge in [0.2, 0.25) is 17.8 Å². The summed E-state index contributed by atoms with van der Waals surface area (Å²) in [5, 5.41) is 7.89. The summed E-state index contributed by atoms with van der Waals surface area (Å²) < 4.78 is 4.90. The van der Waals surface area contributed by atoms with E-state index >= 15 is 0 Å². The van der Waals surface area contributed by atoms with Crippen LogP contribution in [0.2, 0.25) is 0 Å². The van der Waals surface area contributed by atoms with Gasteiger partial charge in [-0.25, -0.2) is 14.8 Å². The van der Waals surface area contributed by atoms with Crippen LogP contribution in [0.5, 0.6) is 0 Å². The van der Waals surface area contributed by atoms with E-state index in [9.17, 15) is 28.8 Å². The van der Waals surface area contributed by atoms with Gasteiger partial charge in [0.05, 0.1) is 36.2 Å². The number of aromatic nitrogens is 4. The molecule has 18 heteroatoms. The Bertz CT molecular complexity index is 2140. The number of nitrogens with two attached hydrogens (primary N) is 3. The van der Waals surface area contributed by atoms with Gasteiger partial charge in [0.25, 0.3) is 17.7 Å². The van der Waals surface area contributed by atoms with Crippen molar-refractivity contribution >= 4 is 64.1 Å². The number of carbonyl (C=O) groups excluding carboxylic acids is 6. The predicted molar refractivity (Wildman–Crippen MR) is 201 cm³/mol. The van der Waals surface area contributed by atoms with Crippen molar-refractivity contribution in [3.63, 3.8) is 0 Å². The molecule has 5 amide bonds. The summed E-state index contributed by atoms with van der Waals surface area (Å²) >= 11 is 0. The summed E-state index contributed by atoms with van der Waals surface area (Å²) in [7, 11) is 1.20. The number of fused-ring (bicyclic) bond motifs is 2. The van der Waals surface area contributed by atoms with Crippen LogP contribution in [0.25, 0.3) is 11.2 Å². The Morgan fingerprint density at radius 3 is 2.27 bits per heavy atom. The quantitative estimate of drug-likeness (QED) is 0.0734. The number of imide groups is 1. The Morgan fingerprint density at radius 2 is 1.58 bits per heavy atom. The van der Waals surface area contributed by atoms with Crippen molar-refractivity contribution in [3.8, 4) is 0 Å². The molecule has 18 nitrogen and oxygen atoms in total. The van der Waals surface area contributed by atoms with Crippen LogP contribution in [-0.4, -0.2) is 92.1 Å². The fourth-order valence-electron chi connectivity index (χ4n) is 5.78. The highest BCUT2D eigenvalue weighted by atomic mass is 16.5. The van der Waals surface area contributed by atoms with Crippen LogP contribution in [0, 0.1) is 5.92 Å². The average Bonchev–Trinajstić information content (AvgIpc) is 3.40. The molecule has 1 aliphatic rings. The zero-order chi connectivity index (χ0) is 40.0. The van der Waals surface area contributed by atoms with Crippen molar-refractivity contribution in [2.45, 2.75) is 64.6 Å². The molecule has 0 unspecified atom stereocenters. The Morgan fingerprint density at radius 1 is 0.873 bits per heavy atom. The molecule has 288 valence electrons. The lowest BCUT2D eigenvalue weighted by atomic mass is 10.0. The molecule has 55 heavy (non-hydrogen) atoms. The van der Waals surface area contributed by atoms with Gasteiger partial charge in [0, 0.05) is 17.8 Å². The molecule has 3 heterocycles. The van der Waals surface area contributed by atoms with Crippen molar-refractivity contribution in [1.29, 1.82) is 0 Å². The number of anilines is 3. The number of methoxy groups -OCH3 is 1. The largest absolute Gasteiger partial charge is 0.467 e. The fourth-order valence-corrected chi connectivity index (χ4v) is 5.78. The second-order valence-electron chi connectivity index (χ2n) is 13.4. The number of rotatable bonds is 15. The SMILES string of the molecule is COC(=O)[C@H](CCCN1C(=O)c2ccc(NC(=O)[C@H](C)NC(=O)[C@@H](N)C(C)C)cc2C1=O)NC(=O)c1ccc(CCc2cnc3nc(N)nc(N)c3n2)cc1. The number of hydrogen-bond acceptors (Lipinski definition) is 14. The smallest absolute Gasteiger partial charge is 0.328 e. The molecule has 4 aromatic rings. The summed E-state index contributed by atoms with van der Waals surface area (Å²) in [6.45, 7) is 5.04. The van der Waals surface area contributed by atoms with Crippen LogP contribution < -0.4 is 33.2 Å². The van der Waals surface area contributed by atoms with Crippen molar-refractivity contribution in [1.82, 2.24) is 35.5 Å². The van der Waals surface area contributed by atoms with E-state index in [-0.39, 0.29) is 53.9 Å². The zero-order valence-electron chi connectivity index (χ0n) is 30.8. The Balaban J connectivity index is 1.13. The molecule has 0 bridgehead atoms. The minimum absolute atomic E-state index is 0.0142. The summed E-state index contributed by atoms with van der Waals surface area (Å²) in [6, 6.07) is 8.41. The van der Waals surface area contributed by atoms with Gasteiger partial charge in [0.1, 0.15) is 12.1 Å². The molecule has 5 rings (SSSR count). The van der Waals surface area contributed by atoms with Crippen LogP contribution in [0.15, 0.2) is 48.7 Å². The number of esters is 1. The number of nitrogens with zero attached hydrogens (tertiary/aromatic N) is 5. The van der Waals surface area contributed by atoms with Gasteiger partial charge in [-0.1, -0.05) is 26.0 Å². The summed E-state index contributed by atoms with van der Waals surface area (Å²) in [6.07, 6.45) is 2.95. The maximum atomic E-state index is 13.3. The first kappa shape index (κ1) is 39.6. The second kappa shape index (κ2) is 17.1. The molecule has 0 spiro atoms. The Kier molecular flexibility index (Phi) is 12.3. The Labute approximate surface area is 316 Å². The number of hydrogen-bond donors (Lipinski definition) is 6. The first-order valence-corrected chi connectivity index (χ1v) is 17.6. The number of nitrogen functional groups attached to an aromatic ring is 2. The minimum atomic E-state index is -1.05. The highest BCUT2D eigenvalue weighted by Gasteiger charge is 2.36. The van der Waals surface area contributed by atoms with Gasteiger partial charge in [-0.3, -0.25) is 28.9 Å². The van der Waals surface area contributed by atoms with E-state index in [2.05, 4.69) is 35.9 Å². The normalized spacial score (nSPS) is 14.0. The van der Waals surface area contributed by atoms with Crippen LogP contribution >= 0.6 is 0 Å². The number of benzene rings is 2. The molecule has 9 N–H and O–H groups in total. The average molecular weight is 754 g/mol. The Hall–Kier alpha value is -6.56. The maximum Gasteiger partial charge on any atom is 0.328 e. The van der Waals surface area contributed by atoms with E-state index in [1.54, 1.807) is 44.3 Å². The zero-order valence-corrected chi connectivity index (χ0v) is 30.8. The first-order valence-electron chi connectivity index (χ1n) is 17.6. The molecular weight excluding hydrogens is 710 g/mol. The lowest BCUT2D eigenvalue weighted by molar-refractivity contribution is -0.143. The van der Waals surface area contributed by atoms with Crippen molar-refractivity contribution < 1.29 is 33.5 Å². The number of nitrogens with one attached hydrogen (secondary N) is 3. The van der Waals surface area contributed by atoms with Crippen LogP contribution in [-0.2, 0) is 32.0 Å². The van der Waals surface area contributed by atoms with Gasteiger partial charge in [0.15, 0.2) is 17.0 Å². The third-order valence-corrected chi connectivity index (χ3v) is 9.06. The monoisotopic (exact) mass is 753 g/mol. The first-order chi connectivity index (χ1) is 26.2. The fraction of sp³-hybridized carbons (Fsp3) is 0.351. The summed E-state index contributed by atoms with van der Waals surface area (Å²) in [5.74, 6) is -3.27. The third kappa shape index (κ3) is 9.33. The minimum Gasteiger partial charge on any atom is -0.467 e. The second-order valence-corrected chi connectivity index (χ2v) is 13.4. The molecule has 0 saturated carbocycles. The molecule has 0 saturated heterocycles. The number of carbonyl (C=O) groups is 6. The molecule has 1 aliphatic heterocycles. The number of amides is 5. The van der Waals surface area contributed by atoms with Crippen LogP contribution in [0.3, 0.4) is 0 Å². The van der Waals surface area contributed by atoms with Crippen LogP contribution in [0.4, 0.5) is 17.5 Å². The molecule has 0 fully saturated rings. The predicted octanol–water partition coefficient (Wildman–Crippen LogP) is 1.14. The van der Waals surface area contributed by atoms with Crippen molar-refractivity contribution in [3.05, 3.63) is 76.6 Å². The topological polar surface area (TPSA) is 281 Å². The lowest BCUT2D eigenvalue weighted by Crippen LogP contribution is -2.50. The van der Waals surface area contributed by atoms with E-state index in [0.29, 0.717) is 35.3 Å². The molecule has 2 aromatic heterocycles. The van der Waals surface area contributed by atoms with E-state index in [1.807, 2.05) is 0 Å². The molecule has 0 aliphatic carbocycles. The van der Waals surface area contributed by atoms with Gasteiger partial charge < -0.3 is 37.9 Å². The number of aryl methyl sites for hydroxylation is 2. The van der Waals surface area contributed by atoms with E-state index in [4.69, 9.17) is 21.9 Å². The van der Waals surface area contributed by atoms with E-state index < -0.39 is 53.6 Å². The van der Waals surface area contributed by atoms with Crippen molar-refractivity contribution in [2.24, 2.45) is 11.7 Å². The molecule has 3 atom stereocenters. The third-order valence-electron chi connectivity index (χ3n) is 9.06.